The highest BCUT2D eigenvalue weighted by Gasteiger charge is 2.52. The zero-order valence-corrected chi connectivity index (χ0v) is 22.0. The molecule has 0 aliphatic carbocycles. The zero-order chi connectivity index (χ0) is 28.3. The Kier molecular flexibility index (Phi) is 10.4. The molecule has 3 unspecified atom stereocenters. The van der Waals surface area contributed by atoms with E-state index in [9.17, 15) is 14.4 Å². The van der Waals surface area contributed by atoms with Crippen LogP contribution in [0, 0.1) is 0 Å². The Labute approximate surface area is 232 Å². The maximum absolute atomic E-state index is 15.5. The van der Waals surface area contributed by atoms with E-state index in [-0.39, 0.29) is 23.3 Å². The van der Waals surface area contributed by atoms with E-state index in [0.29, 0.717) is 6.42 Å². The quantitative estimate of drug-likeness (QED) is 0.183. The first kappa shape index (κ1) is 28.9. The van der Waals surface area contributed by atoms with Crippen LogP contribution in [0.5, 0.6) is 0 Å². The van der Waals surface area contributed by atoms with E-state index in [1.54, 1.807) is 91.0 Å². The fraction of sp³-hybridized carbons (Fsp3) is 0.323. The van der Waals surface area contributed by atoms with Crippen molar-refractivity contribution >= 4 is 17.9 Å². The van der Waals surface area contributed by atoms with Crippen molar-refractivity contribution < 1.29 is 42.5 Å². The number of carbonyl (C=O) groups excluding carboxylic acids is 3. The summed E-state index contributed by atoms with van der Waals surface area (Å²) in [5.74, 6) is -2.18. The van der Waals surface area contributed by atoms with Crippen molar-refractivity contribution in [3.05, 3.63) is 108 Å². The third kappa shape index (κ3) is 7.52. The smallest absolute Gasteiger partial charge is 0.338 e. The minimum Gasteiger partial charge on any atom is -0.459 e. The monoisotopic (exact) mass is 550 g/mol. The highest BCUT2D eigenvalue weighted by Crippen LogP contribution is 2.31. The number of hydrogen-bond donors (Lipinski definition) is 0. The van der Waals surface area contributed by atoms with Crippen LogP contribution in [-0.4, -0.2) is 61.9 Å². The number of halogens is 1. The predicted octanol–water partition coefficient (Wildman–Crippen LogP) is 5.17. The normalized spacial score (nSPS) is 22.2. The molecule has 0 spiro atoms. The second-order valence-corrected chi connectivity index (χ2v) is 9.15. The van der Waals surface area contributed by atoms with Crippen LogP contribution in [-0.2, 0) is 23.7 Å². The molecule has 0 amide bonds. The number of alkyl halides is 1. The number of benzene rings is 3. The fourth-order valence-corrected chi connectivity index (χ4v) is 4.16. The van der Waals surface area contributed by atoms with Gasteiger partial charge in [0, 0.05) is 6.61 Å². The van der Waals surface area contributed by atoms with E-state index in [4.69, 9.17) is 23.7 Å². The van der Waals surface area contributed by atoms with Gasteiger partial charge in [0.1, 0.15) is 12.7 Å². The van der Waals surface area contributed by atoms with Gasteiger partial charge in [0.25, 0.3) is 0 Å². The summed E-state index contributed by atoms with van der Waals surface area (Å²) in [5, 5.41) is 0. The van der Waals surface area contributed by atoms with Crippen molar-refractivity contribution in [2.45, 2.75) is 50.5 Å². The molecule has 40 heavy (non-hydrogen) atoms. The van der Waals surface area contributed by atoms with Crippen LogP contribution in [0.2, 0.25) is 0 Å². The molecule has 0 N–H and O–H groups in total. The van der Waals surface area contributed by atoms with Gasteiger partial charge in [0.2, 0.25) is 6.36 Å². The fourth-order valence-electron chi connectivity index (χ4n) is 4.16. The van der Waals surface area contributed by atoms with Gasteiger partial charge < -0.3 is 23.7 Å². The largest absolute Gasteiger partial charge is 0.459 e. The van der Waals surface area contributed by atoms with Crippen LogP contribution in [0.25, 0.3) is 0 Å². The summed E-state index contributed by atoms with van der Waals surface area (Å²) in [5.41, 5.74) is 0.721. The predicted molar refractivity (Wildman–Crippen MR) is 142 cm³/mol. The van der Waals surface area contributed by atoms with E-state index < -0.39 is 55.3 Å². The summed E-state index contributed by atoms with van der Waals surface area (Å²) in [7, 11) is 0. The Morgan fingerprint density at radius 1 is 0.700 bits per heavy atom. The number of hydrogen-bond acceptors (Lipinski definition) is 8. The topological polar surface area (TPSA) is 97.4 Å². The molecular formula is C31H31FO8. The summed E-state index contributed by atoms with van der Waals surface area (Å²) < 4.78 is 43.8. The molecule has 1 fully saturated rings. The minimum atomic E-state index is -2.06. The molecule has 3 aromatic carbocycles. The van der Waals surface area contributed by atoms with Crippen LogP contribution in [0.1, 0.15) is 50.8 Å². The van der Waals surface area contributed by atoms with Gasteiger partial charge in [-0.2, -0.15) is 0 Å². The molecular weight excluding hydrogens is 519 g/mol. The molecule has 1 aliphatic heterocycles. The van der Waals surface area contributed by atoms with E-state index in [2.05, 4.69) is 0 Å². The Bertz CT molecular complexity index is 1240. The van der Waals surface area contributed by atoms with Crippen molar-refractivity contribution in [1.82, 2.24) is 0 Å². The molecule has 0 aromatic heterocycles. The Hall–Kier alpha value is -4.08. The molecule has 0 bridgehead atoms. The lowest BCUT2D eigenvalue weighted by molar-refractivity contribution is -0.272. The lowest BCUT2D eigenvalue weighted by Gasteiger charge is -2.42. The molecule has 5 atom stereocenters. The van der Waals surface area contributed by atoms with Crippen LogP contribution >= 0.6 is 0 Å². The third-order valence-electron chi connectivity index (χ3n) is 6.28. The number of ether oxygens (including phenoxy) is 5. The SMILES string of the molecule is CCCCOC1C(OC(=O)c2ccccc2)[C@H](OC(=O)c2ccccc2)C(COC(=O)c2ccccc2)O[C@@H]1F. The standard InChI is InChI=1S/C31H31FO8/c1-2-3-19-36-27-26(40-31(35)23-17-11-6-12-18-23)25(39-30(34)22-15-9-5-10-16-22)24(38-28(27)32)20-37-29(33)21-13-7-4-8-14-21/h4-18,24-28H,2-3,19-20H2,1H3/t24?,25-,26?,27?,28+/m1/s1. The van der Waals surface area contributed by atoms with Crippen molar-refractivity contribution in [2.75, 3.05) is 13.2 Å². The molecule has 9 heteroatoms. The van der Waals surface area contributed by atoms with Gasteiger partial charge in [-0.1, -0.05) is 67.9 Å². The van der Waals surface area contributed by atoms with Gasteiger partial charge in [-0.05, 0) is 42.8 Å². The lowest BCUT2D eigenvalue weighted by Crippen LogP contribution is -2.61. The van der Waals surface area contributed by atoms with E-state index in [1.165, 1.54) is 0 Å². The third-order valence-corrected chi connectivity index (χ3v) is 6.28. The van der Waals surface area contributed by atoms with Gasteiger partial charge in [0.15, 0.2) is 18.3 Å². The van der Waals surface area contributed by atoms with Gasteiger partial charge in [-0.25, -0.2) is 18.8 Å². The molecule has 4 rings (SSSR count). The maximum Gasteiger partial charge on any atom is 0.338 e. The van der Waals surface area contributed by atoms with E-state index in [1.807, 2.05) is 6.92 Å². The Morgan fingerprint density at radius 3 is 1.68 bits per heavy atom. The van der Waals surface area contributed by atoms with Crippen molar-refractivity contribution in [3.63, 3.8) is 0 Å². The van der Waals surface area contributed by atoms with Crippen molar-refractivity contribution in [1.29, 1.82) is 0 Å². The first-order chi connectivity index (χ1) is 19.5. The van der Waals surface area contributed by atoms with Crippen molar-refractivity contribution in [3.8, 4) is 0 Å². The Morgan fingerprint density at radius 2 is 1.18 bits per heavy atom. The van der Waals surface area contributed by atoms with Crippen molar-refractivity contribution in [2.24, 2.45) is 0 Å². The Balaban J connectivity index is 1.63. The number of carbonyl (C=O) groups is 3. The van der Waals surface area contributed by atoms with Crippen LogP contribution < -0.4 is 0 Å². The van der Waals surface area contributed by atoms with Crippen LogP contribution in [0.15, 0.2) is 91.0 Å². The van der Waals surface area contributed by atoms with Gasteiger partial charge in [-0.3, -0.25) is 0 Å². The van der Waals surface area contributed by atoms with Crippen LogP contribution in [0.3, 0.4) is 0 Å². The molecule has 1 heterocycles. The van der Waals surface area contributed by atoms with Crippen LogP contribution in [0.4, 0.5) is 4.39 Å². The average Bonchev–Trinajstić information content (AvgIpc) is 3.00. The molecule has 1 aliphatic rings. The lowest BCUT2D eigenvalue weighted by atomic mass is 9.98. The first-order valence-electron chi connectivity index (χ1n) is 13.1. The molecule has 1 saturated heterocycles. The first-order valence-corrected chi connectivity index (χ1v) is 13.1. The second kappa shape index (κ2) is 14.3. The molecule has 3 aromatic rings. The number of unbranched alkanes of at least 4 members (excludes halogenated alkanes) is 1. The highest BCUT2D eigenvalue weighted by atomic mass is 19.1. The maximum atomic E-state index is 15.5. The molecule has 0 saturated carbocycles. The van der Waals surface area contributed by atoms with E-state index in [0.717, 1.165) is 6.42 Å². The zero-order valence-electron chi connectivity index (χ0n) is 22.0. The molecule has 8 nitrogen and oxygen atoms in total. The minimum absolute atomic E-state index is 0.164. The van der Waals surface area contributed by atoms with E-state index >= 15 is 4.39 Å². The average molecular weight is 551 g/mol. The number of esters is 3. The summed E-state index contributed by atoms with van der Waals surface area (Å²) in [6.07, 6.45) is -6.11. The molecule has 210 valence electrons. The second-order valence-electron chi connectivity index (χ2n) is 9.15. The summed E-state index contributed by atoms with van der Waals surface area (Å²) in [4.78, 5) is 38.8. The highest BCUT2D eigenvalue weighted by molar-refractivity contribution is 5.90. The number of rotatable bonds is 11. The molecule has 0 radical (unpaired) electrons. The summed E-state index contributed by atoms with van der Waals surface area (Å²) in [6.45, 7) is 1.64. The summed E-state index contributed by atoms with van der Waals surface area (Å²) in [6, 6.07) is 24.5. The van der Waals surface area contributed by atoms with Gasteiger partial charge in [-0.15, -0.1) is 0 Å². The van der Waals surface area contributed by atoms with Gasteiger partial charge >= 0.3 is 17.9 Å². The van der Waals surface area contributed by atoms with Gasteiger partial charge in [0.05, 0.1) is 16.7 Å². The summed E-state index contributed by atoms with van der Waals surface area (Å²) >= 11 is 0.